The Morgan fingerprint density at radius 1 is 1.35 bits per heavy atom. The molecule has 0 unspecified atom stereocenters. The summed E-state index contributed by atoms with van der Waals surface area (Å²) in [7, 11) is 0. The van der Waals surface area contributed by atoms with E-state index in [1.54, 1.807) is 0 Å². The Hall–Kier alpha value is -2.36. The van der Waals surface area contributed by atoms with Gasteiger partial charge in [-0.15, -0.1) is 5.10 Å². The number of amides is 1. The zero-order valence-corrected chi connectivity index (χ0v) is 12.5. The minimum Gasteiger partial charge on any atom is -0.325 e. The molecule has 1 aromatic heterocycles. The van der Waals surface area contributed by atoms with Gasteiger partial charge in [-0.05, 0) is 19.1 Å². The number of hydrogen-bond acceptors (Lipinski definition) is 5. The molecule has 2 N–H and O–H groups in total. The van der Waals surface area contributed by atoms with Crippen LogP contribution in [0.25, 0.3) is 0 Å². The first kappa shape index (κ1) is 17.0. The van der Waals surface area contributed by atoms with Crippen LogP contribution in [0, 0.1) is 0 Å². The smallest absolute Gasteiger partial charge is 0.325 e. The number of aromatic nitrogens is 3. The number of benzene rings is 1. The molecule has 122 valence electrons. The van der Waals surface area contributed by atoms with E-state index in [0.29, 0.717) is 0 Å². The van der Waals surface area contributed by atoms with Crippen molar-refractivity contribution in [1.82, 2.24) is 15.2 Å². The molecule has 0 radical (unpaired) electrons. The highest BCUT2D eigenvalue weighted by atomic mass is 32.2. The van der Waals surface area contributed by atoms with Gasteiger partial charge in [-0.3, -0.25) is 14.6 Å². The van der Waals surface area contributed by atoms with Gasteiger partial charge in [0.15, 0.2) is 5.16 Å². The van der Waals surface area contributed by atoms with Gasteiger partial charge < -0.3 is 5.32 Å². The number of carbonyl (C=O) groups excluding carboxylic acids is 1. The van der Waals surface area contributed by atoms with E-state index in [4.69, 9.17) is 0 Å². The zero-order chi connectivity index (χ0) is 17.0. The molecule has 1 aromatic carbocycles. The number of nitrogens with one attached hydrogen (secondary N) is 2. The quantitative estimate of drug-likeness (QED) is 0.831. The Labute approximate surface area is 132 Å². The largest absolute Gasteiger partial charge is 0.418 e. The van der Waals surface area contributed by atoms with Crippen molar-refractivity contribution in [3.63, 3.8) is 0 Å². The Bertz CT molecular complexity index is 763. The van der Waals surface area contributed by atoms with Crippen LogP contribution in [0.1, 0.15) is 12.5 Å². The summed E-state index contributed by atoms with van der Waals surface area (Å²) in [6, 6.07) is 4.68. The highest BCUT2D eigenvalue weighted by Crippen LogP contribution is 2.34. The molecule has 1 amide bonds. The molecule has 0 aliphatic heterocycles. The van der Waals surface area contributed by atoms with Gasteiger partial charge in [0, 0.05) is 0 Å². The van der Waals surface area contributed by atoms with Crippen LogP contribution >= 0.6 is 11.8 Å². The van der Waals surface area contributed by atoms with Gasteiger partial charge in [-0.1, -0.05) is 23.9 Å². The molecule has 6 nitrogen and oxygen atoms in total. The van der Waals surface area contributed by atoms with Crippen LogP contribution in [0.15, 0.2) is 40.4 Å². The first-order valence-corrected chi connectivity index (χ1v) is 7.21. The summed E-state index contributed by atoms with van der Waals surface area (Å²) in [5.41, 5.74) is -1.75. The van der Waals surface area contributed by atoms with E-state index >= 15 is 0 Å². The Kier molecular flexibility index (Phi) is 5.04. The third-order valence-corrected chi connectivity index (χ3v) is 3.68. The van der Waals surface area contributed by atoms with Gasteiger partial charge in [0.25, 0.3) is 5.56 Å². The Morgan fingerprint density at radius 3 is 2.70 bits per heavy atom. The number of carbonyl (C=O) groups is 1. The number of H-pyrrole nitrogens is 1. The number of para-hydroxylation sites is 1. The fourth-order valence-electron chi connectivity index (χ4n) is 1.64. The van der Waals surface area contributed by atoms with E-state index in [1.807, 2.05) is 0 Å². The second-order valence-corrected chi connectivity index (χ2v) is 5.76. The van der Waals surface area contributed by atoms with E-state index < -0.39 is 28.5 Å². The number of rotatable bonds is 4. The molecule has 10 heteroatoms. The summed E-state index contributed by atoms with van der Waals surface area (Å²) < 4.78 is 38.6. The van der Waals surface area contributed by atoms with Crippen LogP contribution in [0.2, 0.25) is 0 Å². The molecule has 0 aliphatic carbocycles. The Morgan fingerprint density at radius 2 is 2.04 bits per heavy atom. The Balaban J connectivity index is 2.12. The maximum Gasteiger partial charge on any atom is 0.418 e. The number of thioether (sulfide) groups is 1. The van der Waals surface area contributed by atoms with Gasteiger partial charge in [-0.2, -0.15) is 18.3 Å². The maximum absolute atomic E-state index is 12.9. The predicted octanol–water partition coefficient (Wildman–Crippen LogP) is 2.30. The van der Waals surface area contributed by atoms with Crippen molar-refractivity contribution < 1.29 is 18.0 Å². The average molecular weight is 344 g/mol. The molecule has 0 spiro atoms. The molecule has 0 aliphatic rings. The maximum atomic E-state index is 12.9. The van der Waals surface area contributed by atoms with E-state index in [9.17, 15) is 22.8 Å². The zero-order valence-electron chi connectivity index (χ0n) is 11.7. The predicted molar refractivity (Wildman–Crippen MR) is 78.0 cm³/mol. The minimum absolute atomic E-state index is 0.101. The lowest BCUT2D eigenvalue weighted by Crippen LogP contribution is -2.25. The fraction of sp³-hybridized carbons (Fsp3) is 0.231. The van der Waals surface area contributed by atoms with Crippen LogP contribution in [0.4, 0.5) is 18.9 Å². The average Bonchev–Trinajstić information content (AvgIpc) is 2.46. The summed E-state index contributed by atoms with van der Waals surface area (Å²) >= 11 is 0.876. The molecule has 0 saturated carbocycles. The van der Waals surface area contributed by atoms with Crippen molar-refractivity contribution >= 4 is 23.4 Å². The van der Waals surface area contributed by atoms with Gasteiger partial charge in [-0.25, -0.2) is 0 Å². The lowest BCUT2D eigenvalue weighted by molar-refractivity contribution is -0.137. The van der Waals surface area contributed by atoms with E-state index in [0.717, 1.165) is 24.0 Å². The third kappa shape index (κ3) is 4.55. The molecule has 23 heavy (non-hydrogen) atoms. The molecule has 0 saturated heterocycles. The number of halogens is 3. The number of anilines is 1. The van der Waals surface area contributed by atoms with Gasteiger partial charge >= 0.3 is 6.18 Å². The lowest BCUT2D eigenvalue weighted by atomic mass is 10.1. The molecule has 1 atom stereocenters. The van der Waals surface area contributed by atoms with Crippen molar-refractivity contribution in [2.45, 2.75) is 23.5 Å². The van der Waals surface area contributed by atoms with Gasteiger partial charge in [0.1, 0.15) is 6.20 Å². The van der Waals surface area contributed by atoms with Crippen LogP contribution in [0.5, 0.6) is 0 Å². The summed E-state index contributed by atoms with van der Waals surface area (Å²) in [6.45, 7) is 1.48. The molecular weight excluding hydrogens is 333 g/mol. The highest BCUT2D eigenvalue weighted by molar-refractivity contribution is 8.00. The second-order valence-electron chi connectivity index (χ2n) is 4.43. The van der Waals surface area contributed by atoms with E-state index in [1.165, 1.54) is 25.1 Å². The van der Waals surface area contributed by atoms with Crippen LogP contribution in [-0.2, 0) is 11.0 Å². The van der Waals surface area contributed by atoms with Crippen LogP contribution in [-0.4, -0.2) is 26.3 Å². The summed E-state index contributed by atoms with van der Waals surface area (Å²) in [4.78, 5) is 25.5. The molecule has 0 bridgehead atoms. The molecular formula is C13H11F3N4O2S. The van der Waals surface area contributed by atoms with Crippen LogP contribution < -0.4 is 10.9 Å². The minimum atomic E-state index is -4.57. The van der Waals surface area contributed by atoms with Crippen molar-refractivity contribution in [3.05, 3.63) is 46.4 Å². The molecule has 2 rings (SSSR count). The van der Waals surface area contributed by atoms with Crippen molar-refractivity contribution in [2.24, 2.45) is 0 Å². The number of hydrogen-bond donors (Lipinski definition) is 2. The number of aromatic amines is 1. The molecule has 2 aromatic rings. The van der Waals surface area contributed by atoms with Gasteiger partial charge in [0.05, 0.1) is 16.5 Å². The summed E-state index contributed by atoms with van der Waals surface area (Å²) in [5.74, 6) is -0.654. The molecule has 0 fully saturated rings. The van der Waals surface area contributed by atoms with Crippen molar-refractivity contribution in [3.8, 4) is 0 Å². The summed E-state index contributed by atoms with van der Waals surface area (Å²) in [5, 5.41) is 8.60. The fourth-order valence-corrected chi connectivity index (χ4v) is 2.40. The first-order chi connectivity index (χ1) is 10.8. The molecule has 1 heterocycles. The first-order valence-electron chi connectivity index (χ1n) is 6.33. The van der Waals surface area contributed by atoms with E-state index in [-0.39, 0.29) is 10.8 Å². The third-order valence-electron chi connectivity index (χ3n) is 2.70. The number of alkyl halides is 3. The SMILES string of the molecule is C[C@H](Sc1nncc(=O)[nH]1)C(=O)Nc1ccccc1C(F)(F)F. The summed E-state index contributed by atoms with van der Waals surface area (Å²) in [6.07, 6.45) is -3.61. The van der Waals surface area contributed by atoms with Crippen molar-refractivity contribution in [1.29, 1.82) is 0 Å². The highest BCUT2D eigenvalue weighted by Gasteiger charge is 2.33. The monoisotopic (exact) mass is 344 g/mol. The normalized spacial score (nSPS) is 12.7. The van der Waals surface area contributed by atoms with Crippen LogP contribution in [0.3, 0.4) is 0 Å². The second kappa shape index (κ2) is 6.82. The number of nitrogens with zero attached hydrogens (tertiary/aromatic N) is 2. The topological polar surface area (TPSA) is 87.7 Å². The standard InChI is InChI=1S/C13H11F3N4O2S/c1-7(23-12-19-10(21)6-17-20-12)11(22)18-9-5-3-2-4-8(9)13(14,15)16/h2-7H,1H3,(H,18,22)(H,19,20,21)/t7-/m0/s1. The lowest BCUT2D eigenvalue weighted by Gasteiger charge is -2.15. The van der Waals surface area contributed by atoms with Gasteiger partial charge in [0.2, 0.25) is 5.91 Å². The van der Waals surface area contributed by atoms with E-state index in [2.05, 4.69) is 20.5 Å². The van der Waals surface area contributed by atoms with Crippen molar-refractivity contribution in [2.75, 3.05) is 5.32 Å².